The van der Waals surface area contributed by atoms with E-state index in [2.05, 4.69) is 5.32 Å². The molecule has 112 valence electrons. The van der Waals surface area contributed by atoms with Crippen molar-refractivity contribution in [2.45, 2.75) is 27.2 Å². The standard InChI is InChI=1S/C17H21FN2O/c1-4-8-21-17-10-16(14(19)9-13(17)18)20-15-7-5-6-11(2)12(15)3/h5-7,9-10,20H,4,8,19H2,1-3H3. The van der Waals surface area contributed by atoms with Crippen LogP contribution in [0.3, 0.4) is 0 Å². The molecule has 0 radical (unpaired) electrons. The van der Waals surface area contributed by atoms with Crippen molar-refractivity contribution in [3.8, 4) is 5.75 Å². The Morgan fingerprint density at radius 1 is 1.19 bits per heavy atom. The van der Waals surface area contributed by atoms with E-state index >= 15 is 0 Å². The second-order valence-corrected chi connectivity index (χ2v) is 5.09. The summed E-state index contributed by atoms with van der Waals surface area (Å²) in [6.45, 7) is 6.53. The number of halogens is 1. The average molecular weight is 288 g/mol. The SMILES string of the molecule is CCCOc1cc(Nc2cccc(C)c2C)c(N)cc1F. The van der Waals surface area contributed by atoms with E-state index in [4.69, 9.17) is 10.5 Å². The molecule has 3 nitrogen and oxygen atoms in total. The van der Waals surface area contributed by atoms with Gasteiger partial charge in [0.2, 0.25) is 0 Å². The molecule has 21 heavy (non-hydrogen) atoms. The first kappa shape index (κ1) is 15.2. The largest absolute Gasteiger partial charge is 0.490 e. The third-order valence-corrected chi connectivity index (χ3v) is 3.44. The lowest BCUT2D eigenvalue weighted by atomic mass is 10.1. The van der Waals surface area contributed by atoms with E-state index in [0.29, 0.717) is 18.0 Å². The van der Waals surface area contributed by atoms with Gasteiger partial charge in [0.15, 0.2) is 11.6 Å². The lowest BCUT2D eigenvalue weighted by molar-refractivity contribution is 0.301. The fourth-order valence-corrected chi connectivity index (χ4v) is 2.03. The number of nitrogens with one attached hydrogen (secondary N) is 1. The number of hydrogen-bond acceptors (Lipinski definition) is 3. The number of nitrogens with two attached hydrogens (primary N) is 1. The van der Waals surface area contributed by atoms with Crippen LogP contribution in [0.15, 0.2) is 30.3 Å². The number of hydrogen-bond donors (Lipinski definition) is 2. The molecule has 0 aliphatic carbocycles. The van der Waals surface area contributed by atoms with Crippen molar-refractivity contribution < 1.29 is 9.13 Å². The fourth-order valence-electron chi connectivity index (χ4n) is 2.03. The minimum atomic E-state index is -0.438. The first-order valence-corrected chi connectivity index (χ1v) is 7.08. The van der Waals surface area contributed by atoms with Gasteiger partial charge in [-0.25, -0.2) is 4.39 Å². The quantitative estimate of drug-likeness (QED) is 0.793. The highest BCUT2D eigenvalue weighted by atomic mass is 19.1. The van der Waals surface area contributed by atoms with E-state index in [0.717, 1.165) is 17.7 Å². The van der Waals surface area contributed by atoms with Gasteiger partial charge < -0.3 is 15.8 Å². The predicted octanol–water partition coefficient (Wildman–Crippen LogP) is 4.56. The summed E-state index contributed by atoms with van der Waals surface area (Å²) >= 11 is 0. The zero-order chi connectivity index (χ0) is 15.4. The van der Waals surface area contributed by atoms with Gasteiger partial charge in [-0.3, -0.25) is 0 Å². The zero-order valence-corrected chi connectivity index (χ0v) is 12.7. The number of aryl methyl sites for hydroxylation is 1. The van der Waals surface area contributed by atoms with Gasteiger partial charge in [-0.2, -0.15) is 0 Å². The van der Waals surface area contributed by atoms with Gasteiger partial charge in [0.25, 0.3) is 0 Å². The smallest absolute Gasteiger partial charge is 0.167 e. The fraction of sp³-hybridized carbons (Fsp3) is 0.294. The van der Waals surface area contributed by atoms with Crippen molar-refractivity contribution in [2.75, 3.05) is 17.7 Å². The molecule has 0 bridgehead atoms. The second-order valence-electron chi connectivity index (χ2n) is 5.09. The van der Waals surface area contributed by atoms with Gasteiger partial charge in [-0.15, -0.1) is 0 Å². The van der Waals surface area contributed by atoms with Crippen molar-refractivity contribution in [1.82, 2.24) is 0 Å². The van der Waals surface area contributed by atoms with E-state index in [1.54, 1.807) is 6.07 Å². The molecule has 2 aromatic carbocycles. The summed E-state index contributed by atoms with van der Waals surface area (Å²) in [5.74, 6) is -0.216. The molecule has 0 aromatic heterocycles. The summed E-state index contributed by atoms with van der Waals surface area (Å²) < 4.78 is 19.2. The highest BCUT2D eigenvalue weighted by Gasteiger charge is 2.10. The maximum absolute atomic E-state index is 13.8. The monoisotopic (exact) mass is 288 g/mol. The number of nitrogen functional groups attached to an aromatic ring is 1. The van der Waals surface area contributed by atoms with Gasteiger partial charge in [0, 0.05) is 17.8 Å². The molecule has 0 heterocycles. The third kappa shape index (κ3) is 3.45. The normalized spacial score (nSPS) is 10.5. The van der Waals surface area contributed by atoms with Crippen molar-refractivity contribution in [3.05, 3.63) is 47.3 Å². The Balaban J connectivity index is 2.33. The second kappa shape index (κ2) is 6.48. The molecule has 0 saturated heterocycles. The third-order valence-electron chi connectivity index (χ3n) is 3.44. The summed E-state index contributed by atoms with van der Waals surface area (Å²) in [6, 6.07) is 8.89. The number of anilines is 3. The number of rotatable bonds is 5. The van der Waals surface area contributed by atoms with E-state index in [-0.39, 0.29) is 5.75 Å². The molecule has 0 aliphatic heterocycles. The van der Waals surface area contributed by atoms with Crippen LogP contribution < -0.4 is 15.8 Å². The summed E-state index contributed by atoms with van der Waals surface area (Å²) in [6.07, 6.45) is 0.823. The molecule has 0 fully saturated rings. The van der Waals surface area contributed by atoms with Gasteiger partial charge in [0.1, 0.15) is 0 Å². The zero-order valence-electron chi connectivity index (χ0n) is 12.7. The van der Waals surface area contributed by atoms with Crippen LogP contribution in [0.5, 0.6) is 5.75 Å². The van der Waals surface area contributed by atoms with E-state index in [1.807, 2.05) is 39.0 Å². The molecule has 2 aromatic rings. The van der Waals surface area contributed by atoms with Crippen molar-refractivity contribution >= 4 is 17.1 Å². The van der Waals surface area contributed by atoms with Crippen LogP contribution in [0, 0.1) is 19.7 Å². The van der Waals surface area contributed by atoms with Gasteiger partial charge >= 0.3 is 0 Å². The predicted molar refractivity (Wildman–Crippen MR) is 85.8 cm³/mol. The van der Waals surface area contributed by atoms with E-state index < -0.39 is 5.82 Å². The van der Waals surface area contributed by atoms with E-state index in [1.165, 1.54) is 11.6 Å². The molecule has 0 atom stereocenters. The van der Waals surface area contributed by atoms with Crippen LogP contribution in [0.4, 0.5) is 21.5 Å². The molecular formula is C17H21FN2O. The first-order valence-electron chi connectivity index (χ1n) is 7.08. The molecule has 0 unspecified atom stereocenters. The Hall–Kier alpha value is -2.23. The topological polar surface area (TPSA) is 47.3 Å². The highest BCUT2D eigenvalue weighted by molar-refractivity contribution is 5.75. The number of ether oxygens (including phenoxy) is 1. The van der Waals surface area contributed by atoms with Gasteiger partial charge in [-0.05, 0) is 37.5 Å². The Labute approximate surface area is 124 Å². The maximum Gasteiger partial charge on any atom is 0.167 e. The van der Waals surface area contributed by atoms with Crippen LogP contribution in [-0.2, 0) is 0 Å². The Morgan fingerprint density at radius 2 is 1.95 bits per heavy atom. The van der Waals surface area contributed by atoms with Crippen LogP contribution in [-0.4, -0.2) is 6.61 Å². The van der Waals surface area contributed by atoms with Crippen molar-refractivity contribution in [1.29, 1.82) is 0 Å². The van der Waals surface area contributed by atoms with Crippen LogP contribution in [0.2, 0.25) is 0 Å². The summed E-state index contributed by atoms with van der Waals surface area (Å²) in [7, 11) is 0. The average Bonchev–Trinajstić information content (AvgIpc) is 2.45. The Kier molecular flexibility index (Phi) is 4.68. The van der Waals surface area contributed by atoms with Crippen LogP contribution in [0.1, 0.15) is 24.5 Å². The van der Waals surface area contributed by atoms with E-state index in [9.17, 15) is 4.39 Å². The van der Waals surface area contributed by atoms with Crippen LogP contribution >= 0.6 is 0 Å². The molecule has 3 N–H and O–H groups in total. The molecule has 0 amide bonds. The number of benzene rings is 2. The first-order chi connectivity index (χ1) is 10.0. The Morgan fingerprint density at radius 3 is 2.67 bits per heavy atom. The lowest BCUT2D eigenvalue weighted by Gasteiger charge is -2.15. The molecular weight excluding hydrogens is 267 g/mol. The minimum absolute atomic E-state index is 0.221. The summed E-state index contributed by atoms with van der Waals surface area (Å²) in [4.78, 5) is 0. The van der Waals surface area contributed by atoms with Gasteiger partial charge in [0.05, 0.1) is 18.0 Å². The molecule has 0 saturated carbocycles. The maximum atomic E-state index is 13.8. The van der Waals surface area contributed by atoms with Crippen molar-refractivity contribution in [2.24, 2.45) is 0 Å². The highest BCUT2D eigenvalue weighted by Crippen LogP contribution is 2.32. The molecule has 0 aliphatic rings. The van der Waals surface area contributed by atoms with Crippen molar-refractivity contribution in [3.63, 3.8) is 0 Å². The summed E-state index contributed by atoms with van der Waals surface area (Å²) in [5.41, 5.74) is 10.2. The molecule has 4 heteroatoms. The lowest BCUT2D eigenvalue weighted by Crippen LogP contribution is -2.03. The Bertz CT molecular complexity index is 641. The van der Waals surface area contributed by atoms with Crippen LogP contribution in [0.25, 0.3) is 0 Å². The molecule has 0 spiro atoms. The summed E-state index contributed by atoms with van der Waals surface area (Å²) in [5, 5.41) is 3.25. The minimum Gasteiger partial charge on any atom is -0.490 e. The molecule has 2 rings (SSSR count). The van der Waals surface area contributed by atoms with Gasteiger partial charge in [-0.1, -0.05) is 19.1 Å².